The second-order valence-electron chi connectivity index (χ2n) is 8.26. The number of sulfonamides is 2. The molecule has 36 heavy (non-hydrogen) atoms. The molecule has 0 fully saturated rings. The largest absolute Gasteiger partial charge is 0.395 e. The van der Waals surface area contributed by atoms with Gasteiger partial charge in [-0.2, -0.15) is 8.61 Å². The summed E-state index contributed by atoms with van der Waals surface area (Å²) < 4.78 is 56.9. The first-order valence-electron chi connectivity index (χ1n) is 11.4. The molecule has 0 saturated carbocycles. The molecule has 0 aromatic heterocycles. The molecule has 4 aromatic rings. The van der Waals surface area contributed by atoms with Gasteiger partial charge in [0, 0.05) is 42.3 Å². The van der Waals surface area contributed by atoms with Gasteiger partial charge >= 0.3 is 0 Å². The van der Waals surface area contributed by atoms with Crippen LogP contribution in [0, 0.1) is 0 Å². The molecule has 0 aliphatic heterocycles. The molecule has 0 radical (unpaired) electrons. The molecule has 12 heteroatoms. The molecule has 10 nitrogen and oxygen atoms in total. The zero-order valence-corrected chi connectivity index (χ0v) is 21.0. The zero-order chi connectivity index (χ0) is 26.1. The van der Waals surface area contributed by atoms with Gasteiger partial charge in [-0.05, 0) is 22.2 Å². The lowest BCUT2D eigenvalue weighted by atomic mass is 9.94. The molecule has 0 atom stereocenters. The van der Waals surface area contributed by atoms with Gasteiger partial charge < -0.3 is 20.4 Å². The average Bonchev–Trinajstić information content (AvgIpc) is 2.86. The predicted molar refractivity (Wildman–Crippen MR) is 136 cm³/mol. The Morgan fingerprint density at radius 3 is 1.31 bits per heavy atom. The summed E-state index contributed by atoms with van der Waals surface area (Å²) in [6.07, 6.45) is 0. The van der Waals surface area contributed by atoms with Crippen molar-refractivity contribution in [1.29, 1.82) is 0 Å². The molecular weight excluding hydrogens is 508 g/mol. The van der Waals surface area contributed by atoms with E-state index in [0.29, 0.717) is 21.5 Å². The SMILES string of the molecule is O=S(=O)(c1cc(S(=O)(=O)N(CCO)CCO)c2ccc3cccc4ccc1c2c43)N(CCO)CCO. The second-order valence-corrected chi connectivity index (χ2v) is 12.1. The van der Waals surface area contributed by atoms with Crippen molar-refractivity contribution >= 4 is 52.4 Å². The van der Waals surface area contributed by atoms with Crippen LogP contribution in [0.2, 0.25) is 0 Å². The van der Waals surface area contributed by atoms with Crippen LogP contribution in [0.25, 0.3) is 32.3 Å². The van der Waals surface area contributed by atoms with Gasteiger partial charge in [0.1, 0.15) is 0 Å². The molecule has 0 amide bonds. The zero-order valence-electron chi connectivity index (χ0n) is 19.4. The fourth-order valence-electron chi connectivity index (χ4n) is 4.62. The van der Waals surface area contributed by atoms with Crippen LogP contribution in [0.3, 0.4) is 0 Å². The first-order chi connectivity index (χ1) is 17.2. The summed E-state index contributed by atoms with van der Waals surface area (Å²) >= 11 is 0. The van der Waals surface area contributed by atoms with E-state index in [1.807, 2.05) is 18.2 Å². The fourth-order valence-corrected chi connectivity index (χ4v) is 7.97. The monoisotopic (exact) mass is 536 g/mol. The van der Waals surface area contributed by atoms with E-state index in [1.165, 1.54) is 0 Å². The maximum atomic E-state index is 13.8. The van der Waals surface area contributed by atoms with E-state index in [0.717, 1.165) is 25.4 Å². The summed E-state index contributed by atoms with van der Waals surface area (Å²) in [6, 6.07) is 13.4. The van der Waals surface area contributed by atoms with Crippen molar-refractivity contribution in [2.24, 2.45) is 0 Å². The highest BCUT2D eigenvalue weighted by Gasteiger charge is 2.33. The molecule has 0 spiro atoms. The molecule has 0 aliphatic carbocycles. The summed E-state index contributed by atoms with van der Waals surface area (Å²) in [5.74, 6) is 0. The molecule has 0 saturated heterocycles. The Hall–Kier alpha value is -2.42. The van der Waals surface area contributed by atoms with E-state index in [2.05, 4.69) is 0 Å². The maximum absolute atomic E-state index is 13.8. The maximum Gasteiger partial charge on any atom is 0.243 e. The van der Waals surface area contributed by atoms with Gasteiger partial charge in [0.05, 0.1) is 36.2 Å². The number of hydrogen-bond donors (Lipinski definition) is 4. The molecule has 0 heterocycles. The summed E-state index contributed by atoms with van der Waals surface area (Å²) in [5.41, 5.74) is 0. The Labute approximate surface area is 209 Å². The van der Waals surface area contributed by atoms with E-state index in [4.69, 9.17) is 0 Å². The standard InChI is InChI=1S/C24H28N2O8S2/c27-12-8-25(9-13-28)35(31,32)21-16-22(36(33,34)26(10-14-29)11-15-30)20-7-5-18-3-1-2-17-4-6-19(21)24(20)23(17)18/h1-7,16,27-30H,8-15H2. The Morgan fingerprint density at radius 1 is 0.556 bits per heavy atom. The molecule has 194 valence electrons. The van der Waals surface area contributed by atoms with Crippen LogP contribution in [0.5, 0.6) is 0 Å². The minimum Gasteiger partial charge on any atom is -0.395 e. The van der Waals surface area contributed by atoms with E-state index in [-0.39, 0.29) is 36.0 Å². The highest BCUT2D eigenvalue weighted by Crippen LogP contribution is 2.41. The van der Waals surface area contributed by atoms with Crippen molar-refractivity contribution in [1.82, 2.24) is 8.61 Å². The number of rotatable bonds is 12. The molecule has 0 unspecified atom stereocenters. The Bertz CT molecular complexity index is 1470. The number of aliphatic hydroxyl groups is 4. The predicted octanol–water partition coefficient (Wildman–Crippen LogP) is 0.535. The van der Waals surface area contributed by atoms with Crippen LogP contribution in [-0.2, 0) is 20.0 Å². The van der Waals surface area contributed by atoms with Gasteiger partial charge in [-0.25, -0.2) is 16.8 Å². The van der Waals surface area contributed by atoms with Gasteiger partial charge in [0.25, 0.3) is 0 Å². The van der Waals surface area contributed by atoms with Crippen molar-refractivity contribution in [3.05, 3.63) is 48.5 Å². The quantitative estimate of drug-likeness (QED) is 0.191. The number of hydrogen-bond acceptors (Lipinski definition) is 8. The average molecular weight is 537 g/mol. The lowest BCUT2D eigenvalue weighted by Crippen LogP contribution is -2.37. The lowest BCUT2D eigenvalue weighted by molar-refractivity contribution is 0.217. The van der Waals surface area contributed by atoms with Crippen LogP contribution in [0.4, 0.5) is 0 Å². The molecule has 0 bridgehead atoms. The lowest BCUT2D eigenvalue weighted by Gasteiger charge is -2.25. The first-order valence-corrected chi connectivity index (χ1v) is 14.2. The number of nitrogens with zero attached hydrogens (tertiary/aromatic N) is 2. The summed E-state index contributed by atoms with van der Waals surface area (Å²) in [7, 11) is -8.70. The van der Waals surface area contributed by atoms with E-state index in [9.17, 15) is 37.3 Å². The molecule has 4 aromatic carbocycles. The number of benzene rings is 4. The Morgan fingerprint density at radius 2 is 0.944 bits per heavy atom. The van der Waals surface area contributed by atoms with Crippen molar-refractivity contribution in [2.45, 2.75) is 9.79 Å². The van der Waals surface area contributed by atoms with Crippen LogP contribution in [-0.4, -0.2) is 98.5 Å². The van der Waals surface area contributed by atoms with Crippen LogP contribution in [0.1, 0.15) is 0 Å². The second kappa shape index (κ2) is 10.5. The molecule has 4 rings (SSSR count). The number of aliphatic hydroxyl groups excluding tert-OH is 4. The molecule has 0 aliphatic rings. The summed E-state index contributed by atoms with van der Waals surface area (Å²) in [5, 5.41) is 41.2. The summed E-state index contributed by atoms with van der Waals surface area (Å²) in [6.45, 7) is -3.09. The van der Waals surface area contributed by atoms with Crippen molar-refractivity contribution in [3.8, 4) is 0 Å². The minimum absolute atomic E-state index is 0.276. The Kier molecular flexibility index (Phi) is 7.78. The third-order valence-electron chi connectivity index (χ3n) is 6.20. The van der Waals surface area contributed by atoms with E-state index < -0.39 is 46.5 Å². The molecular formula is C24H28N2O8S2. The van der Waals surface area contributed by atoms with Gasteiger partial charge in [0.15, 0.2) is 0 Å². The highest BCUT2D eigenvalue weighted by molar-refractivity contribution is 7.90. The van der Waals surface area contributed by atoms with Gasteiger partial charge in [-0.1, -0.05) is 42.5 Å². The normalized spacial score (nSPS) is 13.2. The van der Waals surface area contributed by atoms with Gasteiger partial charge in [-0.3, -0.25) is 0 Å². The fraction of sp³-hybridized carbons (Fsp3) is 0.333. The van der Waals surface area contributed by atoms with Crippen molar-refractivity contribution in [2.75, 3.05) is 52.6 Å². The van der Waals surface area contributed by atoms with Gasteiger partial charge in [0.2, 0.25) is 20.0 Å². The van der Waals surface area contributed by atoms with Crippen molar-refractivity contribution < 1.29 is 37.3 Å². The van der Waals surface area contributed by atoms with E-state index >= 15 is 0 Å². The van der Waals surface area contributed by atoms with Crippen LogP contribution in [0.15, 0.2) is 58.3 Å². The summed E-state index contributed by atoms with van der Waals surface area (Å²) in [4.78, 5) is -0.552. The highest BCUT2D eigenvalue weighted by atomic mass is 32.2. The van der Waals surface area contributed by atoms with Crippen LogP contribution < -0.4 is 0 Å². The topological polar surface area (TPSA) is 156 Å². The minimum atomic E-state index is -4.35. The smallest absolute Gasteiger partial charge is 0.243 e. The first kappa shape index (κ1) is 26.6. The molecule has 4 N–H and O–H groups in total. The van der Waals surface area contributed by atoms with Gasteiger partial charge in [-0.15, -0.1) is 0 Å². The van der Waals surface area contributed by atoms with E-state index in [1.54, 1.807) is 24.3 Å². The third-order valence-corrected chi connectivity index (χ3v) is 10.1. The Balaban J connectivity index is 2.15. The van der Waals surface area contributed by atoms with Crippen molar-refractivity contribution in [3.63, 3.8) is 0 Å². The van der Waals surface area contributed by atoms with Crippen LogP contribution >= 0.6 is 0 Å². The third kappa shape index (κ3) is 4.44.